The molecule has 0 saturated carbocycles. The van der Waals surface area contributed by atoms with Crippen LogP contribution in [0.1, 0.15) is 24.7 Å². The third-order valence-electron chi connectivity index (χ3n) is 7.03. The second kappa shape index (κ2) is 8.67. The molecule has 5 heterocycles. The minimum absolute atomic E-state index is 0.0582. The van der Waals surface area contributed by atoms with Crippen LogP contribution < -0.4 is 0 Å². The predicted molar refractivity (Wildman–Crippen MR) is 148 cm³/mol. The van der Waals surface area contributed by atoms with Crippen molar-refractivity contribution in [2.75, 3.05) is 0 Å². The van der Waals surface area contributed by atoms with Gasteiger partial charge in [-0.25, -0.2) is 27.3 Å². The van der Waals surface area contributed by atoms with Crippen LogP contribution in [0.3, 0.4) is 0 Å². The van der Waals surface area contributed by atoms with Crippen molar-refractivity contribution in [1.82, 2.24) is 28.5 Å². The molecule has 0 fully saturated rings. The van der Waals surface area contributed by atoms with E-state index in [2.05, 4.69) is 15.0 Å². The van der Waals surface area contributed by atoms with Crippen LogP contribution in [-0.2, 0) is 22.2 Å². The fourth-order valence-corrected chi connectivity index (χ4v) is 7.07. The lowest BCUT2D eigenvalue weighted by molar-refractivity contribution is 0.0786. The van der Waals surface area contributed by atoms with E-state index in [4.69, 9.17) is 6.35 Å². The Hall–Kier alpha value is -4.19. The van der Waals surface area contributed by atoms with Gasteiger partial charge in [0.1, 0.15) is 21.9 Å². The lowest BCUT2D eigenvalue weighted by atomic mass is 9.90. The van der Waals surface area contributed by atoms with E-state index in [-0.39, 0.29) is 22.2 Å². The molecule has 1 aliphatic heterocycles. The Labute approximate surface area is 229 Å². The van der Waals surface area contributed by atoms with Crippen molar-refractivity contribution in [3.63, 3.8) is 0 Å². The lowest BCUT2D eigenvalue weighted by Gasteiger charge is -2.22. The zero-order valence-corrected chi connectivity index (χ0v) is 22.3. The van der Waals surface area contributed by atoms with Gasteiger partial charge in [0.25, 0.3) is 10.0 Å². The van der Waals surface area contributed by atoms with E-state index in [9.17, 15) is 13.5 Å². The van der Waals surface area contributed by atoms with Gasteiger partial charge in [-0.3, -0.25) is 4.98 Å². The number of fused-ring (bicyclic) bond motifs is 2. The van der Waals surface area contributed by atoms with Crippen molar-refractivity contribution >= 4 is 32.5 Å². The van der Waals surface area contributed by atoms with E-state index >= 15 is 0 Å². The molecule has 4 aromatic heterocycles. The van der Waals surface area contributed by atoms with Crippen LogP contribution in [0.2, 0.25) is 0 Å². The van der Waals surface area contributed by atoms with Crippen molar-refractivity contribution < 1.29 is 14.9 Å². The summed E-state index contributed by atoms with van der Waals surface area (Å²) in [6.45, 7) is 2.55. The molecule has 0 bridgehead atoms. The van der Waals surface area contributed by atoms with Gasteiger partial charge < -0.3 is 9.67 Å². The highest BCUT2D eigenvalue weighted by molar-refractivity contribution is 7.90. The average Bonchev–Trinajstić information content (AvgIpc) is 3.73. The highest BCUT2D eigenvalue weighted by atomic mass is 32.2. The molecule has 0 aliphatic carbocycles. The third kappa shape index (κ3) is 3.73. The van der Waals surface area contributed by atoms with E-state index in [1.54, 1.807) is 18.3 Å². The molecule has 1 atom stereocenters. The number of benzene rings is 2. The molecule has 0 amide bonds. The van der Waals surface area contributed by atoms with Crippen molar-refractivity contribution in [3.05, 3.63) is 102 Å². The maximum Gasteiger partial charge on any atom is 0.269 e. The topological polar surface area (TPSA) is 116 Å². The first-order valence-electron chi connectivity index (χ1n) is 12.7. The van der Waals surface area contributed by atoms with Crippen LogP contribution >= 0.6 is 11.3 Å². The summed E-state index contributed by atoms with van der Waals surface area (Å²) in [6, 6.07) is 14.0. The Balaban J connectivity index is 1.33. The predicted octanol–water partition coefficient (Wildman–Crippen LogP) is 4.60. The number of hydrogen-bond donors (Lipinski definition) is 1. The van der Waals surface area contributed by atoms with Crippen LogP contribution in [0.15, 0.2) is 89.8 Å². The Morgan fingerprint density at radius 3 is 2.74 bits per heavy atom. The largest absolute Gasteiger partial charge is 0.377 e. The van der Waals surface area contributed by atoms with Crippen molar-refractivity contribution in [2.45, 2.75) is 30.4 Å². The molecule has 0 spiro atoms. The van der Waals surface area contributed by atoms with E-state index in [1.807, 2.05) is 47.3 Å². The molecule has 1 aliphatic rings. The van der Waals surface area contributed by atoms with Crippen LogP contribution in [0.5, 0.6) is 0 Å². The minimum atomic E-state index is -4.12. The molecule has 9 nitrogen and oxygen atoms in total. The molecular weight excluding hydrogens is 532 g/mol. The van der Waals surface area contributed by atoms with Crippen LogP contribution in [0, 0.1) is 6.92 Å². The summed E-state index contributed by atoms with van der Waals surface area (Å²) in [6.07, 6.45) is 6.69. The van der Waals surface area contributed by atoms with Gasteiger partial charge in [-0.2, -0.15) is 0 Å². The molecule has 0 unspecified atom stereocenters. The summed E-state index contributed by atoms with van der Waals surface area (Å²) < 4.78 is 39.1. The molecule has 1 N–H and O–H groups in total. The highest BCUT2D eigenvalue weighted by Gasteiger charge is 2.40. The maximum absolute atomic E-state index is 13.6. The molecule has 39 heavy (non-hydrogen) atoms. The van der Waals surface area contributed by atoms with E-state index in [1.165, 1.54) is 35.9 Å². The number of aliphatic hydroxyl groups is 1. The third-order valence-corrected chi connectivity index (χ3v) is 9.51. The average molecular weight is 556 g/mol. The Morgan fingerprint density at radius 2 is 1.90 bits per heavy atom. The molecule has 6 aromatic rings. The molecular formula is C28H22N6O3S2. The number of aromatic nitrogens is 6. The zero-order valence-electron chi connectivity index (χ0n) is 21.7. The molecule has 0 saturated heterocycles. The first kappa shape index (κ1) is 22.8. The number of rotatable bonds is 5. The number of imidazole rings is 1. The van der Waals surface area contributed by atoms with Gasteiger partial charge in [0.15, 0.2) is 5.65 Å². The van der Waals surface area contributed by atoms with Crippen LogP contribution in [0.25, 0.3) is 33.0 Å². The van der Waals surface area contributed by atoms with Gasteiger partial charge in [0, 0.05) is 54.9 Å². The lowest BCUT2D eigenvalue weighted by Crippen LogP contribution is -2.25. The second-order valence-corrected chi connectivity index (χ2v) is 12.1. The zero-order chi connectivity index (χ0) is 27.6. The normalized spacial score (nSPS) is 17.4. The second-order valence-electron chi connectivity index (χ2n) is 9.47. The van der Waals surface area contributed by atoms with Gasteiger partial charge in [0.2, 0.25) is 0 Å². The molecule has 194 valence electrons. The van der Waals surface area contributed by atoms with Gasteiger partial charge in [-0.1, -0.05) is 35.9 Å². The van der Waals surface area contributed by atoms with E-state index in [0.717, 1.165) is 20.7 Å². The van der Waals surface area contributed by atoms with Crippen molar-refractivity contribution in [2.24, 2.45) is 0 Å². The molecule has 2 aromatic carbocycles. The number of hydrogen-bond acceptors (Lipinski definition) is 8. The first-order chi connectivity index (χ1) is 19.3. The van der Waals surface area contributed by atoms with Gasteiger partial charge >= 0.3 is 0 Å². The van der Waals surface area contributed by atoms with Crippen LogP contribution in [0.4, 0.5) is 0 Å². The molecule has 11 heteroatoms. The van der Waals surface area contributed by atoms with E-state index < -0.39 is 15.6 Å². The Kier molecular flexibility index (Phi) is 5.06. The smallest absolute Gasteiger partial charge is 0.269 e. The quantitative estimate of drug-likeness (QED) is 0.330. The fraction of sp³-hybridized carbons (Fsp3) is 0.143. The number of thiazole rings is 1. The summed E-state index contributed by atoms with van der Waals surface area (Å²) in [5, 5.41) is 13.8. The fourth-order valence-electron chi connectivity index (χ4n) is 4.98. The summed E-state index contributed by atoms with van der Waals surface area (Å²) >= 11 is 1.29. The number of nitrogens with zero attached hydrogens (tertiary/aromatic N) is 6. The summed E-state index contributed by atoms with van der Waals surface area (Å²) in [4.78, 5) is 17.9. The van der Waals surface area contributed by atoms with Crippen molar-refractivity contribution in [1.29, 1.82) is 0 Å². The Bertz CT molecular complexity index is 2030. The highest BCUT2D eigenvalue weighted by Crippen LogP contribution is 2.40. The van der Waals surface area contributed by atoms with Gasteiger partial charge in [-0.15, -0.1) is 11.3 Å². The van der Waals surface area contributed by atoms with Gasteiger partial charge in [0.05, 0.1) is 17.5 Å². The first-order valence-corrected chi connectivity index (χ1v) is 14.5. The number of aryl methyl sites for hydroxylation is 2. The van der Waals surface area contributed by atoms with Crippen LogP contribution in [-0.4, -0.2) is 42.0 Å². The monoisotopic (exact) mass is 555 g/mol. The summed E-state index contributed by atoms with van der Waals surface area (Å²) in [5.41, 5.74) is 2.52. The molecule has 0 radical (unpaired) electrons. The minimum Gasteiger partial charge on any atom is -0.377 e. The molecule has 7 rings (SSSR count). The standard InChI is InChI=1S/C28H22N6O3S2/c1-18-5-7-21(8-6-18)39(36,37)34-16-22(24-25(34)30-11-10-29-24)26-32-23(17-38-26)19-3-2-4-20(15-19)28(35)9-13-33-14-12-31-27(28)33/h2-8,10-12,14-17,35H,9,13H2,1H3/t28-/m1/s1/i16D. The van der Waals surface area contributed by atoms with Crippen molar-refractivity contribution in [3.8, 4) is 21.8 Å². The maximum atomic E-state index is 13.6. The SMILES string of the molecule is [2H]c1c(-c2nc(-c3cccc([C@]4(O)CCn5ccnc54)c3)cs2)c2nccnc2n1S(=O)(=O)c1ccc(C)cc1. The summed E-state index contributed by atoms with van der Waals surface area (Å²) in [7, 11) is -4.12. The van der Waals surface area contributed by atoms with Gasteiger partial charge in [-0.05, 0) is 30.7 Å². The summed E-state index contributed by atoms with van der Waals surface area (Å²) in [5.74, 6) is 0.614. The van der Waals surface area contributed by atoms with E-state index in [0.29, 0.717) is 35.1 Å². The Morgan fingerprint density at radius 1 is 1.08 bits per heavy atom.